The Morgan fingerprint density at radius 1 is 1.10 bits per heavy atom. The lowest BCUT2D eigenvalue weighted by Crippen LogP contribution is -2.39. The number of primary amides is 1. The van der Waals surface area contributed by atoms with Gasteiger partial charge >= 0.3 is 0 Å². The third-order valence-electron chi connectivity index (χ3n) is 6.39. The van der Waals surface area contributed by atoms with E-state index in [0.29, 0.717) is 5.82 Å². The second kappa shape index (κ2) is 7.15. The Balaban J connectivity index is 1.61. The van der Waals surface area contributed by atoms with Crippen molar-refractivity contribution in [3.05, 3.63) is 81.9 Å². The maximum Gasteiger partial charge on any atom is 0.251 e. The Morgan fingerprint density at radius 3 is 2.50 bits per heavy atom. The van der Waals surface area contributed by atoms with Gasteiger partial charge in [-0.2, -0.15) is 0 Å². The van der Waals surface area contributed by atoms with Crippen molar-refractivity contribution in [3.8, 4) is 11.4 Å². The number of fused-ring (bicyclic) bond motifs is 2. The van der Waals surface area contributed by atoms with Crippen LogP contribution in [0, 0.1) is 5.82 Å². The van der Waals surface area contributed by atoms with E-state index < -0.39 is 11.7 Å². The van der Waals surface area contributed by atoms with Crippen molar-refractivity contribution in [2.75, 3.05) is 13.1 Å². The van der Waals surface area contributed by atoms with Crippen molar-refractivity contribution in [1.29, 1.82) is 0 Å². The average molecular weight is 423 g/mol. The number of hydrogen-bond acceptors (Lipinski definition) is 4. The van der Waals surface area contributed by atoms with Crippen LogP contribution >= 0.6 is 11.6 Å². The predicted molar refractivity (Wildman–Crippen MR) is 113 cm³/mol. The monoisotopic (exact) mass is 422 g/mol. The van der Waals surface area contributed by atoms with Crippen LogP contribution in [0.15, 0.2) is 48.8 Å². The van der Waals surface area contributed by atoms with Crippen LogP contribution in [0.1, 0.15) is 39.9 Å². The topological polar surface area (TPSA) is 72.1 Å². The zero-order valence-corrected chi connectivity index (χ0v) is 17.0. The number of amides is 1. The Bertz CT molecular complexity index is 1140. The summed E-state index contributed by atoms with van der Waals surface area (Å²) in [4.78, 5) is 22.3. The van der Waals surface area contributed by atoms with E-state index >= 15 is 0 Å². The maximum absolute atomic E-state index is 13.8. The zero-order chi connectivity index (χ0) is 20.9. The number of aromatic nitrogens is 2. The molecule has 1 saturated heterocycles. The van der Waals surface area contributed by atoms with E-state index in [1.165, 1.54) is 29.6 Å². The summed E-state index contributed by atoms with van der Waals surface area (Å²) in [6.07, 6.45) is 4.83. The van der Waals surface area contributed by atoms with Crippen molar-refractivity contribution in [3.63, 3.8) is 0 Å². The first kappa shape index (κ1) is 19.2. The SMILES string of the molecule is NC(=O)c1cnc(-c2ccc3c(c2)CN2CCC3(c3ccc(F)c(Cl)c3)CC2)nc1. The van der Waals surface area contributed by atoms with Crippen LogP contribution in [0.3, 0.4) is 0 Å². The Labute approximate surface area is 178 Å². The number of halogens is 2. The first-order valence-corrected chi connectivity index (χ1v) is 10.3. The van der Waals surface area contributed by atoms with Crippen molar-refractivity contribution >= 4 is 17.5 Å². The lowest BCUT2D eigenvalue weighted by molar-refractivity contribution is 0.0999. The molecule has 4 heterocycles. The van der Waals surface area contributed by atoms with Gasteiger partial charge in [-0.15, -0.1) is 0 Å². The third kappa shape index (κ3) is 3.07. The molecule has 0 unspecified atom stereocenters. The smallest absolute Gasteiger partial charge is 0.251 e. The summed E-state index contributed by atoms with van der Waals surface area (Å²) in [5.41, 5.74) is 9.79. The number of rotatable bonds is 3. The highest BCUT2D eigenvalue weighted by molar-refractivity contribution is 6.30. The van der Waals surface area contributed by atoms with Gasteiger partial charge in [-0.1, -0.05) is 29.8 Å². The molecule has 3 aliphatic heterocycles. The molecule has 0 radical (unpaired) electrons. The minimum atomic E-state index is -0.548. The number of carbonyl (C=O) groups excluding carboxylic acids is 1. The first-order chi connectivity index (χ1) is 14.5. The summed E-state index contributed by atoms with van der Waals surface area (Å²) in [5.74, 6) is -0.393. The van der Waals surface area contributed by atoms with Gasteiger partial charge in [0.05, 0.1) is 10.6 Å². The summed E-state index contributed by atoms with van der Waals surface area (Å²) >= 11 is 6.14. The van der Waals surface area contributed by atoms with Crippen LogP contribution in [0.25, 0.3) is 11.4 Å². The summed E-state index contributed by atoms with van der Waals surface area (Å²) < 4.78 is 13.8. The standard InChI is InChI=1S/C23H20ClFN4O/c24-19-10-17(2-4-20(19)25)23-5-7-29(8-6-23)13-15-9-14(1-3-18(15)23)22-27-11-16(12-28-22)21(26)30/h1-4,9-12H,5-8,13H2,(H2,26,30). The van der Waals surface area contributed by atoms with Crippen LogP contribution in [0.2, 0.25) is 5.02 Å². The fourth-order valence-electron chi connectivity index (χ4n) is 4.78. The van der Waals surface area contributed by atoms with E-state index in [1.54, 1.807) is 6.07 Å². The molecule has 1 amide bonds. The Kier molecular flexibility index (Phi) is 4.56. The number of hydrogen-bond donors (Lipinski definition) is 1. The molecule has 0 saturated carbocycles. The van der Waals surface area contributed by atoms with Gasteiger partial charge in [-0.3, -0.25) is 9.69 Å². The van der Waals surface area contributed by atoms with E-state index in [1.807, 2.05) is 12.1 Å². The molecule has 2 N–H and O–H groups in total. The first-order valence-electron chi connectivity index (χ1n) is 9.90. The number of nitrogens with two attached hydrogens (primary N) is 1. The van der Waals surface area contributed by atoms with Gasteiger partial charge in [0, 0.05) is 29.9 Å². The normalized spacial score (nSPS) is 22.4. The highest BCUT2D eigenvalue weighted by Crippen LogP contribution is 2.47. The van der Waals surface area contributed by atoms with Gasteiger partial charge in [-0.25, -0.2) is 14.4 Å². The number of carbonyl (C=O) groups is 1. The van der Waals surface area contributed by atoms with E-state index in [2.05, 4.69) is 27.0 Å². The minimum Gasteiger partial charge on any atom is -0.366 e. The van der Waals surface area contributed by atoms with Gasteiger partial charge in [0.15, 0.2) is 5.82 Å². The highest BCUT2D eigenvalue weighted by atomic mass is 35.5. The molecule has 2 aromatic carbocycles. The fourth-order valence-corrected chi connectivity index (χ4v) is 4.96. The van der Waals surface area contributed by atoms with E-state index in [9.17, 15) is 9.18 Å². The lowest BCUT2D eigenvalue weighted by Gasteiger charge is -2.39. The summed E-state index contributed by atoms with van der Waals surface area (Å²) in [5, 5.41) is 0.162. The highest BCUT2D eigenvalue weighted by Gasteiger charge is 2.42. The molecule has 7 heteroatoms. The van der Waals surface area contributed by atoms with Crippen molar-refractivity contribution in [2.24, 2.45) is 5.73 Å². The molecule has 1 fully saturated rings. The van der Waals surface area contributed by atoms with Crippen LogP contribution in [-0.4, -0.2) is 33.9 Å². The van der Waals surface area contributed by atoms with Crippen molar-refractivity contribution in [2.45, 2.75) is 24.8 Å². The molecule has 3 aliphatic rings. The number of nitrogens with zero attached hydrogens (tertiary/aromatic N) is 3. The molecule has 0 spiro atoms. The summed E-state index contributed by atoms with van der Waals surface area (Å²) in [6, 6.07) is 11.4. The third-order valence-corrected chi connectivity index (χ3v) is 6.68. The molecule has 1 aromatic heterocycles. The molecule has 152 valence electrons. The Hall–Kier alpha value is -2.83. The molecular formula is C23H20ClFN4O. The molecular weight excluding hydrogens is 403 g/mol. The van der Waals surface area contributed by atoms with Crippen molar-refractivity contribution < 1.29 is 9.18 Å². The fraction of sp³-hybridized carbons (Fsp3) is 0.261. The molecule has 2 bridgehead atoms. The van der Waals surface area contributed by atoms with Gasteiger partial charge < -0.3 is 5.73 Å². The molecule has 3 aromatic rings. The van der Waals surface area contributed by atoms with E-state index in [4.69, 9.17) is 17.3 Å². The predicted octanol–water partition coefficient (Wildman–Crippen LogP) is 3.93. The van der Waals surface area contributed by atoms with Gasteiger partial charge in [-0.05, 0) is 60.8 Å². The number of piperidine rings is 1. The molecule has 30 heavy (non-hydrogen) atoms. The zero-order valence-electron chi connectivity index (χ0n) is 16.2. The largest absolute Gasteiger partial charge is 0.366 e. The lowest BCUT2D eigenvalue weighted by atomic mass is 9.68. The van der Waals surface area contributed by atoms with Crippen molar-refractivity contribution in [1.82, 2.24) is 14.9 Å². The quantitative estimate of drug-likeness (QED) is 0.694. The van der Waals surface area contributed by atoms with Crippen LogP contribution in [0.5, 0.6) is 0 Å². The second-order valence-corrected chi connectivity index (χ2v) is 8.43. The van der Waals surface area contributed by atoms with E-state index in [0.717, 1.165) is 43.6 Å². The Morgan fingerprint density at radius 2 is 1.83 bits per heavy atom. The summed E-state index contributed by atoms with van der Waals surface area (Å²) in [6.45, 7) is 2.80. The average Bonchev–Trinajstić information content (AvgIpc) is 3.02. The van der Waals surface area contributed by atoms with E-state index in [-0.39, 0.29) is 16.0 Å². The van der Waals surface area contributed by atoms with Gasteiger partial charge in [0.25, 0.3) is 5.91 Å². The molecule has 5 nitrogen and oxygen atoms in total. The number of benzene rings is 2. The van der Waals surface area contributed by atoms with Gasteiger partial charge in [0.2, 0.25) is 0 Å². The van der Waals surface area contributed by atoms with Crippen LogP contribution < -0.4 is 5.73 Å². The van der Waals surface area contributed by atoms with Gasteiger partial charge in [0.1, 0.15) is 5.82 Å². The second-order valence-electron chi connectivity index (χ2n) is 8.02. The van der Waals surface area contributed by atoms with Crippen LogP contribution in [-0.2, 0) is 12.0 Å². The molecule has 0 aliphatic carbocycles. The minimum absolute atomic E-state index is 0.162. The maximum atomic E-state index is 13.8. The molecule has 6 rings (SSSR count). The summed E-state index contributed by atoms with van der Waals surface area (Å²) in [7, 11) is 0. The van der Waals surface area contributed by atoms with Crippen LogP contribution in [0.4, 0.5) is 4.39 Å². The molecule has 0 atom stereocenters.